The Kier molecular flexibility index (Phi) is 10.5. The van der Waals surface area contributed by atoms with Gasteiger partial charge in [-0.25, -0.2) is 19.2 Å². The highest BCUT2D eigenvalue weighted by molar-refractivity contribution is 5.89. The Hall–Kier alpha value is -4.04. The van der Waals surface area contributed by atoms with Crippen molar-refractivity contribution in [3.63, 3.8) is 0 Å². The molecule has 244 valence electrons. The summed E-state index contributed by atoms with van der Waals surface area (Å²) >= 11 is 0. The summed E-state index contributed by atoms with van der Waals surface area (Å²) in [4.78, 5) is 50.9. The molecule has 2 aliphatic rings. The lowest BCUT2D eigenvalue weighted by atomic mass is 10.1. The van der Waals surface area contributed by atoms with Crippen LogP contribution in [0.3, 0.4) is 0 Å². The predicted molar refractivity (Wildman–Crippen MR) is 156 cm³/mol. The molecule has 0 aromatic heterocycles. The molecule has 2 aliphatic heterocycles. The minimum atomic E-state index is -1.87. The van der Waals surface area contributed by atoms with Crippen LogP contribution in [0.15, 0.2) is 60.7 Å². The van der Waals surface area contributed by atoms with Gasteiger partial charge in [0.05, 0.1) is 24.8 Å². The molecule has 45 heavy (non-hydrogen) atoms. The van der Waals surface area contributed by atoms with Gasteiger partial charge in [0.25, 0.3) is 0 Å². The fourth-order valence-corrected chi connectivity index (χ4v) is 4.82. The molecule has 2 aromatic carbocycles. The summed E-state index contributed by atoms with van der Waals surface area (Å²) in [6.45, 7) is 7.10. The van der Waals surface area contributed by atoms with Crippen molar-refractivity contribution in [2.24, 2.45) is 0 Å². The second-order valence-corrected chi connectivity index (χ2v) is 11.9. The maximum atomic E-state index is 13.0. The van der Waals surface area contributed by atoms with E-state index in [1.807, 2.05) is 0 Å². The van der Waals surface area contributed by atoms with E-state index < -0.39 is 78.7 Å². The van der Waals surface area contributed by atoms with Crippen molar-refractivity contribution in [1.29, 1.82) is 0 Å². The van der Waals surface area contributed by atoms with Crippen molar-refractivity contribution >= 4 is 24.0 Å². The molecule has 13 heteroatoms. The van der Waals surface area contributed by atoms with Gasteiger partial charge in [-0.3, -0.25) is 0 Å². The first kappa shape index (κ1) is 33.8. The smallest absolute Gasteiger partial charge is 0.408 e. The van der Waals surface area contributed by atoms with E-state index in [1.54, 1.807) is 95.3 Å². The summed E-state index contributed by atoms with van der Waals surface area (Å²) in [5.41, 5.74) is -0.228. The minimum Gasteiger partial charge on any atom is -0.467 e. The number of fused-ring (bicyclic) bond motifs is 1. The van der Waals surface area contributed by atoms with Crippen molar-refractivity contribution in [3.8, 4) is 0 Å². The zero-order valence-electron chi connectivity index (χ0n) is 26.1. The van der Waals surface area contributed by atoms with E-state index in [2.05, 4.69) is 5.32 Å². The van der Waals surface area contributed by atoms with Crippen LogP contribution in [-0.2, 0) is 42.7 Å². The van der Waals surface area contributed by atoms with Crippen LogP contribution in [0.2, 0.25) is 0 Å². The Morgan fingerprint density at radius 1 is 0.867 bits per heavy atom. The highest BCUT2D eigenvalue weighted by atomic mass is 16.8. The van der Waals surface area contributed by atoms with Gasteiger partial charge in [0, 0.05) is 0 Å². The fourth-order valence-electron chi connectivity index (χ4n) is 4.82. The number of rotatable bonds is 11. The molecule has 0 bridgehead atoms. The van der Waals surface area contributed by atoms with E-state index in [1.165, 1.54) is 0 Å². The molecule has 0 saturated carbocycles. The van der Waals surface area contributed by atoms with Gasteiger partial charge in [0.1, 0.15) is 37.1 Å². The number of ether oxygens (including phenoxy) is 8. The van der Waals surface area contributed by atoms with Gasteiger partial charge in [-0.15, -0.1) is 0 Å². The van der Waals surface area contributed by atoms with E-state index >= 15 is 0 Å². The summed E-state index contributed by atoms with van der Waals surface area (Å²) in [6.07, 6.45) is -3.68. The van der Waals surface area contributed by atoms with E-state index in [4.69, 9.17) is 37.9 Å². The number of esters is 3. The van der Waals surface area contributed by atoms with Crippen LogP contribution < -0.4 is 5.32 Å². The minimum absolute atomic E-state index is 0.261. The summed E-state index contributed by atoms with van der Waals surface area (Å²) in [5.74, 6) is -5.09. The Balaban J connectivity index is 1.59. The van der Waals surface area contributed by atoms with E-state index in [-0.39, 0.29) is 12.2 Å². The molecular formula is C32H39NO12. The Morgan fingerprint density at radius 2 is 1.44 bits per heavy atom. The predicted octanol–water partition coefficient (Wildman–Crippen LogP) is 3.40. The molecule has 0 spiro atoms. The maximum Gasteiger partial charge on any atom is 0.408 e. The molecule has 2 aromatic rings. The highest BCUT2D eigenvalue weighted by Gasteiger charge is 2.65. The molecule has 1 N–H and O–H groups in total. The number of amides is 1. The summed E-state index contributed by atoms with van der Waals surface area (Å²) in [5, 5.41) is 2.44. The van der Waals surface area contributed by atoms with Gasteiger partial charge in [-0.05, 0) is 58.9 Å². The molecular weight excluding hydrogens is 590 g/mol. The van der Waals surface area contributed by atoms with Crippen molar-refractivity contribution in [1.82, 2.24) is 5.32 Å². The van der Waals surface area contributed by atoms with E-state index in [0.717, 1.165) is 7.11 Å². The van der Waals surface area contributed by atoms with Crippen LogP contribution in [0, 0.1) is 0 Å². The van der Waals surface area contributed by atoms with Gasteiger partial charge in [-0.1, -0.05) is 36.4 Å². The normalized spacial score (nSPS) is 24.2. The lowest BCUT2D eigenvalue weighted by Crippen LogP contribution is -2.54. The van der Waals surface area contributed by atoms with Crippen molar-refractivity contribution in [2.45, 2.75) is 76.1 Å². The molecule has 5 atom stereocenters. The molecule has 2 heterocycles. The summed E-state index contributed by atoms with van der Waals surface area (Å²) in [7, 11) is 1.15. The molecule has 4 rings (SSSR count). The van der Waals surface area contributed by atoms with Gasteiger partial charge < -0.3 is 43.2 Å². The average molecular weight is 630 g/mol. The number of carbonyl (C=O) groups excluding carboxylic acids is 4. The average Bonchev–Trinajstić information content (AvgIpc) is 3.47. The number of hydrogen-bond acceptors (Lipinski definition) is 12. The second kappa shape index (κ2) is 13.9. The maximum absolute atomic E-state index is 13.0. The van der Waals surface area contributed by atoms with Crippen LogP contribution >= 0.6 is 0 Å². The molecule has 0 radical (unpaired) electrons. The summed E-state index contributed by atoms with van der Waals surface area (Å²) < 4.78 is 46.2. The first-order chi connectivity index (χ1) is 21.2. The molecule has 2 saturated heterocycles. The number of alkyl carbamates (subject to hydrolysis) is 1. The Labute approximate surface area is 261 Å². The lowest BCUT2D eigenvalue weighted by Gasteiger charge is -2.35. The SMILES string of the molecule is COC(=O)[C@H](CO[C@]1(COC(=O)c2ccccc2)O[C@H](COC(=O)c2ccccc2)[C@H]2OC(C)(C)O[C@H]21)NC(=O)OC(C)(C)C. The Morgan fingerprint density at radius 3 is 2.00 bits per heavy atom. The zero-order valence-corrected chi connectivity index (χ0v) is 26.1. The van der Waals surface area contributed by atoms with Crippen LogP contribution in [-0.4, -0.2) is 92.5 Å². The lowest BCUT2D eigenvalue weighted by molar-refractivity contribution is -0.306. The van der Waals surface area contributed by atoms with Gasteiger partial charge >= 0.3 is 24.0 Å². The van der Waals surface area contributed by atoms with Crippen LogP contribution in [0.5, 0.6) is 0 Å². The van der Waals surface area contributed by atoms with Crippen molar-refractivity contribution < 1.29 is 57.1 Å². The first-order valence-corrected chi connectivity index (χ1v) is 14.4. The monoisotopic (exact) mass is 629 g/mol. The van der Waals surface area contributed by atoms with Crippen molar-refractivity contribution in [3.05, 3.63) is 71.8 Å². The molecule has 0 unspecified atom stereocenters. The standard InChI is InChI=1S/C32H39NO12/c1-30(2,3)45-29(37)33-22(28(36)38-6)17-41-32(19-40-27(35)21-15-11-8-12-16-21)25-24(43-31(4,5)44-25)23(42-32)18-39-26(34)20-13-9-7-10-14-20/h7-16,22-25H,17-19H2,1-6H3,(H,33,37)/t22-,23+,24+,25+,32+/m0/s1. The topological polar surface area (TPSA) is 154 Å². The highest BCUT2D eigenvalue weighted by Crippen LogP contribution is 2.45. The number of methoxy groups -OCH3 is 1. The van der Waals surface area contributed by atoms with Crippen LogP contribution in [0.1, 0.15) is 55.3 Å². The fraction of sp³-hybridized carbons (Fsp3) is 0.500. The van der Waals surface area contributed by atoms with Crippen molar-refractivity contribution in [2.75, 3.05) is 26.9 Å². The largest absolute Gasteiger partial charge is 0.467 e. The molecule has 1 amide bonds. The third-order valence-electron chi connectivity index (χ3n) is 6.75. The van der Waals surface area contributed by atoms with Crippen LogP contribution in [0.4, 0.5) is 4.79 Å². The number of benzene rings is 2. The van der Waals surface area contributed by atoms with Gasteiger partial charge in [0.15, 0.2) is 11.8 Å². The van der Waals surface area contributed by atoms with Crippen LogP contribution in [0.25, 0.3) is 0 Å². The quantitative estimate of drug-likeness (QED) is 0.286. The van der Waals surface area contributed by atoms with Gasteiger partial charge in [-0.2, -0.15) is 0 Å². The summed E-state index contributed by atoms with van der Waals surface area (Å²) in [6, 6.07) is 15.3. The van der Waals surface area contributed by atoms with Gasteiger partial charge in [0.2, 0.25) is 5.79 Å². The van der Waals surface area contributed by atoms with E-state index in [9.17, 15) is 19.2 Å². The molecule has 13 nitrogen and oxygen atoms in total. The third-order valence-corrected chi connectivity index (χ3v) is 6.75. The Bertz CT molecular complexity index is 1340. The second-order valence-electron chi connectivity index (χ2n) is 11.9. The molecule has 0 aliphatic carbocycles. The number of carbonyl (C=O) groups is 4. The number of nitrogens with one attached hydrogen (secondary N) is 1. The number of hydrogen-bond donors (Lipinski definition) is 1. The third kappa shape index (κ3) is 8.78. The molecule has 2 fully saturated rings. The van der Waals surface area contributed by atoms with E-state index in [0.29, 0.717) is 5.56 Å². The zero-order chi connectivity index (χ0) is 32.8. The first-order valence-electron chi connectivity index (χ1n) is 14.4.